The number of allylic oxidation sites excluding steroid dienone is 1. The molecule has 0 radical (unpaired) electrons. The molecule has 3 aromatic rings. The molecule has 1 aliphatic heterocycles. The van der Waals surface area contributed by atoms with E-state index in [-0.39, 0.29) is 23.9 Å². The second-order valence-corrected chi connectivity index (χ2v) is 7.36. The maximum Gasteiger partial charge on any atom is 0.185 e. The van der Waals surface area contributed by atoms with Gasteiger partial charge in [-0.1, -0.05) is 6.58 Å². The van der Waals surface area contributed by atoms with E-state index in [4.69, 9.17) is 14.2 Å². The van der Waals surface area contributed by atoms with Crippen molar-refractivity contribution in [3.8, 4) is 23.0 Å². The molecule has 0 aromatic heterocycles. The number of aromatic hydroxyl groups is 1. The molecular formula is C26H22O6. The third kappa shape index (κ3) is 4.21. The maximum absolute atomic E-state index is 13.4. The lowest BCUT2D eigenvalue weighted by atomic mass is 9.86. The number of phenolic OH excluding ortho intramolecular Hbond substituents is 1. The van der Waals surface area contributed by atoms with Gasteiger partial charge in [0.25, 0.3) is 0 Å². The van der Waals surface area contributed by atoms with E-state index >= 15 is 0 Å². The smallest absolute Gasteiger partial charge is 0.185 e. The highest BCUT2D eigenvalue weighted by molar-refractivity contribution is 6.04. The number of carbonyl (C=O) groups excluding carboxylic acids is 2. The number of Topliss-reactive ketones (excluding diaryl/α,β-unsaturated/α-hetero) is 1. The molecule has 1 aliphatic rings. The molecular weight excluding hydrogens is 408 g/mol. The lowest BCUT2D eigenvalue weighted by molar-refractivity contribution is 0.0517. The minimum atomic E-state index is -0.644. The van der Waals surface area contributed by atoms with Gasteiger partial charge in [-0.25, -0.2) is 0 Å². The van der Waals surface area contributed by atoms with Crippen LogP contribution in [0.25, 0.3) is 0 Å². The van der Waals surface area contributed by atoms with Gasteiger partial charge in [0.2, 0.25) is 0 Å². The van der Waals surface area contributed by atoms with Crippen molar-refractivity contribution in [2.45, 2.75) is 6.10 Å². The van der Waals surface area contributed by atoms with E-state index in [1.165, 1.54) is 18.2 Å². The summed E-state index contributed by atoms with van der Waals surface area (Å²) in [5.74, 6) is 0.760. The Hall–Kier alpha value is -4.06. The summed E-state index contributed by atoms with van der Waals surface area (Å²) >= 11 is 0. The van der Waals surface area contributed by atoms with Crippen LogP contribution in [0.3, 0.4) is 0 Å². The van der Waals surface area contributed by atoms with E-state index in [2.05, 4.69) is 6.58 Å². The molecule has 0 fully saturated rings. The van der Waals surface area contributed by atoms with E-state index < -0.39 is 12.0 Å². The first-order valence-corrected chi connectivity index (χ1v) is 10.1. The summed E-state index contributed by atoms with van der Waals surface area (Å²) in [6.07, 6.45) is 0.607. The number of hydrogen-bond donors (Lipinski definition) is 1. The van der Waals surface area contributed by atoms with Gasteiger partial charge in [0, 0.05) is 22.8 Å². The van der Waals surface area contributed by atoms with E-state index in [9.17, 15) is 14.7 Å². The van der Waals surface area contributed by atoms with Gasteiger partial charge < -0.3 is 19.3 Å². The molecule has 1 N–H and O–H groups in total. The second kappa shape index (κ2) is 8.98. The Morgan fingerprint density at radius 2 is 1.66 bits per heavy atom. The Labute approximate surface area is 185 Å². The monoisotopic (exact) mass is 430 g/mol. The molecule has 1 heterocycles. The molecule has 0 amide bonds. The molecule has 3 aromatic carbocycles. The largest absolute Gasteiger partial charge is 0.508 e. The molecule has 2 atom stereocenters. The highest BCUT2D eigenvalue weighted by Crippen LogP contribution is 2.41. The third-order valence-electron chi connectivity index (χ3n) is 5.39. The molecule has 4 rings (SSSR count). The fraction of sp³-hybridized carbons (Fsp3) is 0.154. The van der Waals surface area contributed by atoms with Gasteiger partial charge in [0.15, 0.2) is 11.6 Å². The zero-order chi connectivity index (χ0) is 22.7. The van der Waals surface area contributed by atoms with E-state index in [0.717, 1.165) is 0 Å². The zero-order valence-corrected chi connectivity index (χ0v) is 17.5. The molecule has 0 aliphatic carbocycles. The topological polar surface area (TPSA) is 82.1 Å². The Morgan fingerprint density at radius 1 is 1.00 bits per heavy atom. The fourth-order valence-corrected chi connectivity index (χ4v) is 3.66. The summed E-state index contributed by atoms with van der Waals surface area (Å²) in [4.78, 5) is 25.2. The summed E-state index contributed by atoms with van der Waals surface area (Å²) < 4.78 is 17.2. The molecule has 0 spiro atoms. The van der Waals surface area contributed by atoms with Crippen molar-refractivity contribution in [1.82, 2.24) is 0 Å². The average molecular weight is 430 g/mol. The first kappa shape index (κ1) is 21.2. The predicted octanol–water partition coefficient (Wildman–Crippen LogP) is 4.78. The van der Waals surface area contributed by atoms with E-state index in [0.29, 0.717) is 33.9 Å². The minimum absolute atomic E-state index is 0.0646. The van der Waals surface area contributed by atoms with Gasteiger partial charge in [-0.05, 0) is 66.7 Å². The summed E-state index contributed by atoms with van der Waals surface area (Å²) in [7, 11) is 1.57. The quantitative estimate of drug-likeness (QED) is 0.429. The predicted molar refractivity (Wildman–Crippen MR) is 119 cm³/mol. The van der Waals surface area contributed by atoms with Crippen LogP contribution in [0.2, 0.25) is 0 Å². The zero-order valence-electron chi connectivity index (χ0n) is 17.5. The van der Waals surface area contributed by atoms with Crippen molar-refractivity contribution < 1.29 is 28.9 Å². The van der Waals surface area contributed by atoms with Gasteiger partial charge in [0.05, 0.1) is 13.0 Å². The third-order valence-corrected chi connectivity index (χ3v) is 5.39. The highest BCUT2D eigenvalue weighted by atomic mass is 16.5. The lowest BCUT2D eigenvalue weighted by Gasteiger charge is -2.33. The first-order valence-electron chi connectivity index (χ1n) is 10.1. The number of carbonyl (C=O) groups is 2. The van der Waals surface area contributed by atoms with Crippen LogP contribution >= 0.6 is 0 Å². The number of rotatable bonds is 7. The Morgan fingerprint density at radius 3 is 2.31 bits per heavy atom. The van der Waals surface area contributed by atoms with E-state index in [1.807, 2.05) is 0 Å². The molecule has 6 heteroatoms. The van der Waals surface area contributed by atoms with Crippen LogP contribution in [-0.2, 0) is 0 Å². The van der Waals surface area contributed by atoms with Crippen LogP contribution in [0.1, 0.15) is 32.4 Å². The van der Waals surface area contributed by atoms with E-state index in [1.54, 1.807) is 61.7 Å². The molecule has 6 nitrogen and oxygen atoms in total. The molecule has 0 saturated carbocycles. The number of fused-ring (bicyclic) bond motifs is 1. The normalized spacial score (nSPS) is 16.9. The minimum Gasteiger partial charge on any atom is -0.508 e. The number of ether oxygens (including phenoxy) is 3. The van der Waals surface area contributed by atoms with Gasteiger partial charge >= 0.3 is 0 Å². The van der Waals surface area contributed by atoms with Crippen LogP contribution < -0.4 is 14.2 Å². The number of ketones is 2. The SMILES string of the molecule is C=CC(=O)c1ccc(OC2c3ccc(O)cc3OCC2C(=O)c2ccc(OC)cc2)cc1. The maximum atomic E-state index is 13.4. The molecule has 162 valence electrons. The van der Waals surface area contributed by atoms with Crippen molar-refractivity contribution in [1.29, 1.82) is 0 Å². The Balaban J connectivity index is 1.67. The van der Waals surface area contributed by atoms with Crippen LogP contribution in [0, 0.1) is 5.92 Å². The molecule has 2 unspecified atom stereocenters. The lowest BCUT2D eigenvalue weighted by Crippen LogP contribution is -2.35. The number of hydrogen-bond acceptors (Lipinski definition) is 6. The first-order chi connectivity index (χ1) is 15.5. The number of methoxy groups -OCH3 is 1. The van der Waals surface area contributed by atoms with Gasteiger partial charge in [-0.3, -0.25) is 9.59 Å². The van der Waals surface area contributed by atoms with Crippen molar-refractivity contribution >= 4 is 11.6 Å². The standard InChI is InChI=1S/C26H22O6/c1-3-23(28)16-4-11-20(12-5-16)32-26-21-13-8-18(27)14-24(21)31-15-22(26)25(29)17-6-9-19(30-2)10-7-17/h3-14,22,26-27H,1,15H2,2H3. The van der Waals surface area contributed by atoms with Gasteiger partial charge in [-0.2, -0.15) is 0 Å². The van der Waals surface area contributed by atoms with Crippen molar-refractivity contribution in [3.63, 3.8) is 0 Å². The summed E-state index contributed by atoms with van der Waals surface area (Å²) in [5.41, 5.74) is 1.67. The van der Waals surface area contributed by atoms with Crippen molar-refractivity contribution in [2.75, 3.05) is 13.7 Å². The molecule has 0 saturated heterocycles. The summed E-state index contributed by atoms with van der Waals surface area (Å²) in [5, 5.41) is 9.83. The highest BCUT2D eigenvalue weighted by Gasteiger charge is 2.38. The van der Waals surface area contributed by atoms with Crippen LogP contribution in [0.4, 0.5) is 0 Å². The second-order valence-electron chi connectivity index (χ2n) is 7.36. The van der Waals surface area contributed by atoms with Gasteiger partial charge in [-0.15, -0.1) is 0 Å². The summed E-state index contributed by atoms with van der Waals surface area (Å²) in [6, 6.07) is 18.3. The Bertz CT molecular complexity index is 1150. The number of phenols is 1. The average Bonchev–Trinajstić information content (AvgIpc) is 2.83. The Kier molecular flexibility index (Phi) is 5.94. The molecule has 0 bridgehead atoms. The van der Waals surface area contributed by atoms with Gasteiger partial charge in [0.1, 0.15) is 35.7 Å². The van der Waals surface area contributed by atoms with Crippen molar-refractivity contribution in [2.24, 2.45) is 5.92 Å². The fourth-order valence-electron chi connectivity index (χ4n) is 3.66. The number of benzene rings is 3. The van der Waals surface area contributed by atoms with Crippen LogP contribution in [0.15, 0.2) is 79.4 Å². The molecule has 32 heavy (non-hydrogen) atoms. The summed E-state index contributed by atoms with van der Waals surface area (Å²) in [6.45, 7) is 3.59. The van der Waals surface area contributed by atoms with Crippen LogP contribution in [-0.4, -0.2) is 30.4 Å². The van der Waals surface area contributed by atoms with Crippen LogP contribution in [0.5, 0.6) is 23.0 Å². The van der Waals surface area contributed by atoms with Crippen molar-refractivity contribution in [3.05, 3.63) is 96.1 Å².